The third-order valence-corrected chi connectivity index (χ3v) is 5.72. The molecule has 0 saturated heterocycles. The molecule has 0 unspecified atom stereocenters. The van der Waals surface area contributed by atoms with Gasteiger partial charge < -0.3 is 5.32 Å². The molecular weight excluding hydrogens is 368 g/mol. The summed E-state index contributed by atoms with van der Waals surface area (Å²) < 4.78 is 22.8. The van der Waals surface area contributed by atoms with E-state index in [0.717, 1.165) is 21.3 Å². The minimum atomic E-state index is -3.71. The summed E-state index contributed by atoms with van der Waals surface area (Å²) in [5.41, 5.74) is 2.85. The molecule has 8 heteroatoms. The van der Waals surface area contributed by atoms with E-state index < -0.39 is 10.0 Å². The Balaban J connectivity index is 1.76. The molecule has 4 aromatic rings. The van der Waals surface area contributed by atoms with E-state index in [1.165, 1.54) is 18.5 Å². The summed E-state index contributed by atoms with van der Waals surface area (Å²) in [5.74, 6) is 0.665. The molecule has 0 aliphatic heterocycles. The number of nitrogens with zero attached hydrogens (tertiary/aromatic N) is 2. The number of hydrogen-bond donors (Lipinski definition) is 2. The third kappa shape index (κ3) is 3.17. The first-order valence-electron chi connectivity index (χ1n) is 7.70. The van der Waals surface area contributed by atoms with Gasteiger partial charge >= 0.3 is 0 Å². The van der Waals surface area contributed by atoms with E-state index in [-0.39, 0.29) is 4.90 Å². The molecule has 0 aliphatic rings. The van der Waals surface area contributed by atoms with E-state index in [9.17, 15) is 8.42 Å². The van der Waals surface area contributed by atoms with Crippen LogP contribution < -0.4 is 10.5 Å². The summed E-state index contributed by atoms with van der Waals surface area (Å²) >= 11 is 1.55. The highest BCUT2D eigenvalue weighted by Gasteiger charge is 2.13. The van der Waals surface area contributed by atoms with E-state index in [4.69, 9.17) is 5.14 Å². The van der Waals surface area contributed by atoms with Crippen LogP contribution in [0.3, 0.4) is 0 Å². The van der Waals surface area contributed by atoms with Gasteiger partial charge in [-0.15, -0.1) is 11.3 Å². The van der Waals surface area contributed by atoms with Crippen molar-refractivity contribution in [3.63, 3.8) is 0 Å². The van der Waals surface area contributed by atoms with Crippen molar-refractivity contribution in [2.75, 3.05) is 5.32 Å². The first-order valence-corrected chi connectivity index (χ1v) is 10.1. The quantitative estimate of drug-likeness (QED) is 0.560. The lowest BCUT2D eigenvalue weighted by molar-refractivity contribution is 0.598. The van der Waals surface area contributed by atoms with Gasteiger partial charge in [-0.1, -0.05) is 30.3 Å². The van der Waals surface area contributed by atoms with Crippen LogP contribution in [0, 0.1) is 0 Å². The summed E-state index contributed by atoms with van der Waals surface area (Å²) in [4.78, 5) is 9.66. The van der Waals surface area contributed by atoms with E-state index in [1.807, 2.05) is 30.3 Å². The second kappa shape index (κ2) is 6.49. The Morgan fingerprint density at radius 3 is 2.38 bits per heavy atom. The highest BCUT2D eigenvalue weighted by molar-refractivity contribution is 7.89. The lowest BCUT2D eigenvalue weighted by Crippen LogP contribution is -2.11. The van der Waals surface area contributed by atoms with Crippen molar-refractivity contribution >= 4 is 43.1 Å². The second-order valence-electron chi connectivity index (χ2n) is 5.61. The monoisotopic (exact) mass is 382 g/mol. The minimum Gasteiger partial charge on any atom is -0.340 e. The Kier molecular flexibility index (Phi) is 4.15. The lowest BCUT2D eigenvalue weighted by atomic mass is 10.1. The standard InChI is InChI=1S/C18H14N4O2S2/c19-26(23,24)14-8-6-13(7-9-14)22-17-16-15(12-4-2-1-3-5-12)10-25-18(16)21-11-20-17/h1-11H,(H2,19,23,24)(H,20,21,22). The highest BCUT2D eigenvalue weighted by atomic mass is 32.2. The molecule has 0 aliphatic carbocycles. The number of nitrogens with one attached hydrogen (secondary N) is 1. The van der Waals surface area contributed by atoms with E-state index >= 15 is 0 Å². The molecule has 0 bridgehead atoms. The number of benzene rings is 2. The number of primary sulfonamides is 1. The van der Waals surface area contributed by atoms with Crippen molar-refractivity contribution in [2.24, 2.45) is 5.14 Å². The summed E-state index contributed by atoms with van der Waals surface area (Å²) in [6.45, 7) is 0. The van der Waals surface area contributed by atoms with Gasteiger partial charge in [0.2, 0.25) is 10.0 Å². The fourth-order valence-corrected chi connectivity index (χ4v) is 4.10. The van der Waals surface area contributed by atoms with Gasteiger partial charge in [-0.25, -0.2) is 23.5 Å². The van der Waals surface area contributed by atoms with Gasteiger partial charge in [-0.2, -0.15) is 0 Å². The molecule has 2 aromatic carbocycles. The SMILES string of the molecule is NS(=O)(=O)c1ccc(Nc2ncnc3scc(-c4ccccc4)c23)cc1. The first kappa shape index (κ1) is 16.6. The van der Waals surface area contributed by atoms with Crippen molar-refractivity contribution in [3.8, 4) is 11.1 Å². The zero-order valence-corrected chi connectivity index (χ0v) is 15.1. The minimum absolute atomic E-state index is 0.0661. The molecule has 3 N–H and O–H groups in total. The second-order valence-corrected chi connectivity index (χ2v) is 8.03. The molecule has 0 atom stereocenters. The van der Waals surface area contributed by atoms with Gasteiger partial charge in [0.25, 0.3) is 0 Å². The maximum Gasteiger partial charge on any atom is 0.238 e. The Morgan fingerprint density at radius 2 is 1.69 bits per heavy atom. The van der Waals surface area contributed by atoms with Crippen molar-refractivity contribution in [3.05, 3.63) is 66.3 Å². The van der Waals surface area contributed by atoms with Crippen LogP contribution in [0.15, 0.2) is 71.2 Å². The average Bonchev–Trinajstić information content (AvgIpc) is 3.07. The predicted molar refractivity (Wildman–Crippen MR) is 104 cm³/mol. The fourth-order valence-electron chi connectivity index (χ4n) is 2.66. The number of sulfonamides is 1. The van der Waals surface area contributed by atoms with Crippen molar-refractivity contribution < 1.29 is 8.42 Å². The summed E-state index contributed by atoms with van der Waals surface area (Å²) in [7, 11) is -3.71. The Morgan fingerprint density at radius 1 is 0.962 bits per heavy atom. The topological polar surface area (TPSA) is 98.0 Å². The zero-order chi connectivity index (χ0) is 18.1. The van der Waals surface area contributed by atoms with E-state index in [1.54, 1.807) is 23.5 Å². The van der Waals surface area contributed by atoms with Crippen LogP contribution in [-0.4, -0.2) is 18.4 Å². The number of rotatable bonds is 4. The van der Waals surface area contributed by atoms with Crippen LogP contribution in [0.25, 0.3) is 21.3 Å². The van der Waals surface area contributed by atoms with Gasteiger partial charge in [0.15, 0.2) is 0 Å². The summed E-state index contributed by atoms with van der Waals surface area (Å²) in [6, 6.07) is 16.3. The van der Waals surface area contributed by atoms with E-state index in [2.05, 4.69) is 20.7 Å². The average molecular weight is 382 g/mol. The molecule has 4 rings (SSSR count). The summed E-state index contributed by atoms with van der Waals surface area (Å²) in [5, 5.41) is 11.4. The van der Waals surface area contributed by atoms with Crippen LogP contribution in [0.5, 0.6) is 0 Å². The molecule has 0 saturated carbocycles. The number of hydrogen-bond acceptors (Lipinski definition) is 6. The Labute approximate surface area is 154 Å². The van der Waals surface area contributed by atoms with Crippen LogP contribution in [0.1, 0.15) is 0 Å². The van der Waals surface area contributed by atoms with Crippen LogP contribution in [0.2, 0.25) is 0 Å². The van der Waals surface area contributed by atoms with Crippen LogP contribution in [0.4, 0.5) is 11.5 Å². The van der Waals surface area contributed by atoms with Gasteiger partial charge in [-0.05, 0) is 29.8 Å². The van der Waals surface area contributed by atoms with Gasteiger partial charge in [0.1, 0.15) is 17.0 Å². The molecule has 6 nitrogen and oxygen atoms in total. The predicted octanol–water partition coefficient (Wildman–Crippen LogP) is 3.75. The molecule has 0 fully saturated rings. The molecule has 0 spiro atoms. The van der Waals surface area contributed by atoms with Crippen LogP contribution in [-0.2, 0) is 10.0 Å². The maximum absolute atomic E-state index is 11.4. The smallest absolute Gasteiger partial charge is 0.238 e. The third-order valence-electron chi connectivity index (χ3n) is 3.90. The van der Waals surface area contributed by atoms with E-state index in [0.29, 0.717) is 11.5 Å². The number of nitrogens with two attached hydrogens (primary N) is 1. The molecule has 2 aromatic heterocycles. The maximum atomic E-state index is 11.4. The molecule has 0 amide bonds. The normalized spacial score (nSPS) is 11.6. The molecule has 26 heavy (non-hydrogen) atoms. The summed E-state index contributed by atoms with van der Waals surface area (Å²) in [6.07, 6.45) is 1.51. The Bertz CT molecular complexity index is 1170. The van der Waals surface area contributed by atoms with Crippen LogP contribution >= 0.6 is 11.3 Å². The number of fused-ring (bicyclic) bond motifs is 1. The number of aromatic nitrogens is 2. The molecule has 130 valence electrons. The van der Waals surface area contributed by atoms with Crippen molar-refractivity contribution in [1.29, 1.82) is 0 Å². The molecular formula is C18H14N4O2S2. The molecule has 2 heterocycles. The fraction of sp³-hybridized carbons (Fsp3) is 0. The number of thiophene rings is 1. The Hall–Kier alpha value is -2.81. The van der Waals surface area contributed by atoms with Crippen molar-refractivity contribution in [1.82, 2.24) is 9.97 Å². The largest absolute Gasteiger partial charge is 0.340 e. The van der Waals surface area contributed by atoms with Gasteiger partial charge in [-0.3, -0.25) is 0 Å². The number of anilines is 2. The van der Waals surface area contributed by atoms with Gasteiger partial charge in [0, 0.05) is 16.6 Å². The molecule has 0 radical (unpaired) electrons. The zero-order valence-electron chi connectivity index (χ0n) is 13.5. The lowest BCUT2D eigenvalue weighted by Gasteiger charge is -2.09. The highest BCUT2D eigenvalue weighted by Crippen LogP contribution is 2.37. The van der Waals surface area contributed by atoms with Gasteiger partial charge in [0.05, 0.1) is 10.3 Å². The van der Waals surface area contributed by atoms with Crippen molar-refractivity contribution in [2.45, 2.75) is 4.90 Å². The first-order chi connectivity index (χ1) is 12.5.